The molecule has 0 bridgehead atoms. The van der Waals surface area contributed by atoms with Crippen LogP contribution in [0.25, 0.3) is 0 Å². The molecule has 0 saturated carbocycles. The van der Waals surface area contributed by atoms with Crippen molar-refractivity contribution < 1.29 is 57.3 Å². The number of hydrogen-bond donors (Lipinski definition) is 5. The lowest BCUT2D eigenvalue weighted by molar-refractivity contribution is -0.286. The van der Waals surface area contributed by atoms with Crippen LogP contribution in [0.2, 0.25) is 0 Å². The van der Waals surface area contributed by atoms with Gasteiger partial charge in [0, 0.05) is 17.8 Å². The quantitative estimate of drug-likeness (QED) is 0.0487. The van der Waals surface area contributed by atoms with E-state index in [1.54, 1.807) is 18.2 Å². The summed E-state index contributed by atoms with van der Waals surface area (Å²) in [7, 11) is -5.33. The number of phosphoric acid groups is 1. The van der Waals surface area contributed by atoms with E-state index in [0.29, 0.717) is 6.42 Å². The van der Waals surface area contributed by atoms with Crippen molar-refractivity contribution >= 4 is 37.1 Å². The van der Waals surface area contributed by atoms with E-state index in [0.717, 1.165) is 32.1 Å². The van der Waals surface area contributed by atoms with Gasteiger partial charge in [0.25, 0.3) is 0 Å². The summed E-state index contributed by atoms with van der Waals surface area (Å²) < 4.78 is 38.8. The molecule has 2 aromatic rings. The molecule has 1 aliphatic rings. The van der Waals surface area contributed by atoms with Gasteiger partial charge in [-0.3, -0.25) is 9.32 Å². The van der Waals surface area contributed by atoms with Gasteiger partial charge >= 0.3 is 25.7 Å². The highest BCUT2D eigenvalue weighted by Crippen LogP contribution is 2.42. The Bertz CT molecular complexity index is 1370. The van der Waals surface area contributed by atoms with E-state index in [4.69, 9.17) is 34.9 Å². The van der Waals surface area contributed by atoms with Crippen LogP contribution in [0.5, 0.6) is 0 Å². The van der Waals surface area contributed by atoms with Gasteiger partial charge in [0.2, 0.25) is 6.29 Å². The third-order valence-corrected chi connectivity index (χ3v) is 8.11. The summed E-state index contributed by atoms with van der Waals surface area (Å²) in [4.78, 5) is 58.1. The third-order valence-electron chi connectivity index (χ3n) is 7.59. The molecule has 5 atom stereocenters. The number of ether oxygens (including phenoxy) is 4. The molecule has 1 saturated heterocycles. The zero-order valence-electron chi connectivity index (χ0n) is 26.4. The van der Waals surface area contributed by atoms with Crippen LogP contribution in [0.1, 0.15) is 91.8 Å². The first-order valence-corrected chi connectivity index (χ1v) is 17.3. The fourth-order valence-electron chi connectivity index (χ4n) is 5.09. The number of benzene rings is 2. The van der Waals surface area contributed by atoms with Crippen molar-refractivity contribution in [3.8, 4) is 0 Å². The molecular weight excluding hydrogens is 635 g/mol. The van der Waals surface area contributed by atoms with E-state index in [-0.39, 0.29) is 28.9 Å². The number of hydrogen-bond acceptors (Lipinski definition) is 12. The molecule has 0 aromatic heterocycles. The Morgan fingerprint density at radius 3 is 1.87 bits per heavy atom. The molecule has 1 fully saturated rings. The van der Waals surface area contributed by atoms with E-state index in [2.05, 4.69) is 6.92 Å². The number of carbonyl (C=O) groups excluding carboxylic acids is 3. The van der Waals surface area contributed by atoms with Crippen LogP contribution in [-0.4, -0.2) is 70.1 Å². The van der Waals surface area contributed by atoms with Gasteiger partial charge < -0.3 is 45.3 Å². The summed E-state index contributed by atoms with van der Waals surface area (Å²) in [6.45, 7) is 1.47. The summed E-state index contributed by atoms with van der Waals surface area (Å²) in [5, 5.41) is 11.1. The molecule has 0 radical (unpaired) electrons. The molecular formula is C32H45N2O12P. The second kappa shape index (κ2) is 18.7. The van der Waals surface area contributed by atoms with E-state index in [1.165, 1.54) is 49.6 Å². The summed E-state index contributed by atoms with van der Waals surface area (Å²) in [6, 6.07) is 12.0. The van der Waals surface area contributed by atoms with Crippen molar-refractivity contribution in [2.75, 3.05) is 18.1 Å². The fraction of sp³-hybridized carbons (Fsp3) is 0.531. The van der Waals surface area contributed by atoms with Crippen LogP contribution in [0, 0.1) is 0 Å². The van der Waals surface area contributed by atoms with E-state index in [1.807, 2.05) is 0 Å². The van der Waals surface area contributed by atoms with Crippen LogP contribution < -0.4 is 11.5 Å². The van der Waals surface area contributed by atoms with Gasteiger partial charge in [0.1, 0.15) is 24.9 Å². The molecule has 7 N–H and O–H groups in total. The summed E-state index contributed by atoms with van der Waals surface area (Å²) in [5.41, 5.74) is 11.9. The Morgan fingerprint density at radius 1 is 0.787 bits per heavy atom. The van der Waals surface area contributed by atoms with Gasteiger partial charge in [-0.2, -0.15) is 0 Å². The second-order valence-corrected chi connectivity index (χ2v) is 12.5. The molecule has 0 amide bonds. The maximum atomic E-state index is 13.1. The van der Waals surface area contributed by atoms with Gasteiger partial charge in [-0.15, -0.1) is 0 Å². The maximum Gasteiger partial charge on any atom is 0.470 e. The number of para-hydroxylation sites is 2. The van der Waals surface area contributed by atoms with Crippen molar-refractivity contribution in [3.63, 3.8) is 0 Å². The standard InChI is InChI=1S/C32H45N2O12P/c1-2-3-4-5-6-7-8-9-10-19-26(35)44-29-28(46-47(39,40)41)27(36)25(20-42-30(37)21-15-11-13-17-23(21)33)43-32(29)45-31(38)22-16-12-14-18-24(22)34/h11-18,25,27-29,32,36H,2-10,19-20,33-34H2,1H3,(H2,39,40,41)/t25-,27-,28+,29-,32+/m1/s1. The summed E-state index contributed by atoms with van der Waals surface area (Å²) in [5.74, 6) is -2.70. The zero-order chi connectivity index (χ0) is 34.4. The average molecular weight is 681 g/mol. The average Bonchev–Trinajstić information content (AvgIpc) is 3.02. The lowest BCUT2D eigenvalue weighted by atomic mass is 9.99. The number of phosphoric ester groups is 1. The number of aliphatic hydroxyl groups is 1. The largest absolute Gasteiger partial charge is 0.470 e. The topological polar surface area (TPSA) is 227 Å². The number of aliphatic hydroxyl groups excluding tert-OH is 1. The first kappa shape index (κ1) is 37.9. The first-order chi connectivity index (χ1) is 22.4. The van der Waals surface area contributed by atoms with Crippen molar-refractivity contribution in [1.29, 1.82) is 0 Å². The molecule has 15 heteroatoms. The Kier molecular flexibility index (Phi) is 15.1. The van der Waals surface area contributed by atoms with Gasteiger partial charge in [0.15, 0.2) is 6.10 Å². The molecule has 1 aliphatic heterocycles. The maximum absolute atomic E-state index is 13.1. The predicted molar refractivity (Wildman–Crippen MR) is 171 cm³/mol. The normalized spacial score (nSPS) is 21.1. The van der Waals surface area contributed by atoms with E-state index >= 15 is 0 Å². The molecule has 47 heavy (non-hydrogen) atoms. The van der Waals surface area contributed by atoms with Crippen LogP contribution >= 0.6 is 7.82 Å². The highest BCUT2D eigenvalue weighted by atomic mass is 31.2. The molecule has 3 rings (SSSR count). The minimum Gasteiger partial charge on any atom is -0.459 e. The van der Waals surface area contributed by atoms with Crippen molar-refractivity contribution in [2.24, 2.45) is 0 Å². The number of nitrogens with two attached hydrogens (primary N) is 2. The molecule has 2 aromatic carbocycles. The third kappa shape index (κ3) is 12.2. The lowest BCUT2D eigenvalue weighted by Crippen LogP contribution is -2.61. The fourth-order valence-corrected chi connectivity index (χ4v) is 5.65. The molecule has 260 valence electrons. The van der Waals surface area contributed by atoms with Crippen molar-refractivity contribution in [3.05, 3.63) is 59.7 Å². The van der Waals surface area contributed by atoms with Crippen LogP contribution in [-0.2, 0) is 32.8 Å². The highest BCUT2D eigenvalue weighted by Gasteiger charge is 2.52. The van der Waals surface area contributed by atoms with Crippen LogP contribution in [0.15, 0.2) is 48.5 Å². The minimum absolute atomic E-state index is 0.0200. The zero-order valence-corrected chi connectivity index (χ0v) is 27.3. The van der Waals surface area contributed by atoms with Gasteiger partial charge in [-0.25, -0.2) is 14.2 Å². The van der Waals surface area contributed by atoms with Crippen molar-refractivity contribution in [2.45, 2.75) is 102 Å². The Hall–Kier alpha value is -3.52. The van der Waals surface area contributed by atoms with Crippen LogP contribution in [0.3, 0.4) is 0 Å². The van der Waals surface area contributed by atoms with E-state index in [9.17, 15) is 33.8 Å². The Labute approximate surface area is 273 Å². The summed E-state index contributed by atoms with van der Waals surface area (Å²) in [6.07, 6.45) is -0.170. The number of esters is 3. The SMILES string of the molecule is CCCCCCCCCCCC(=O)O[C@H]1[C@H](OC(=O)c2ccccc2N)O[C@H](COC(=O)c2ccccc2N)[C@@H](O)[C@@H]1OP(=O)(O)O. The molecule has 0 spiro atoms. The number of nitrogen functional groups attached to an aromatic ring is 2. The number of rotatable bonds is 18. The summed E-state index contributed by atoms with van der Waals surface area (Å²) >= 11 is 0. The first-order valence-electron chi connectivity index (χ1n) is 15.7. The Balaban J connectivity index is 1.76. The lowest BCUT2D eigenvalue weighted by Gasteiger charge is -2.42. The molecule has 0 unspecified atom stereocenters. The second-order valence-electron chi connectivity index (χ2n) is 11.3. The Morgan fingerprint density at radius 2 is 1.32 bits per heavy atom. The predicted octanol–water partition coefficient (Wildman–Crippen LogP) is 4.26. The number of carbonyl (C=O) groups is 3. The van der Waals surface area contributed by atoms with Gasteiger partial charge in [-0.1, -0.05) is 82.6 Å². The monoisotopic (exact) mass is 680 g/mol. The molecule has 1 heterocycles. The number of anilines is 2. The van der Waals surface area contributed by atoms with Crippen LogP contribution in [0.4, 0.5) is 11.4 Å². The minimum atomic E-state index is -5.33. The smallest absolute Gasteiger partial charge is 0.459 e. The number of unbranched alkanes of at least 4 members (excludes halogenated alkanes) is 8. The molecule has 14 nitrogen and oxygen atoms in total. The van der Waals surface area contributed by atoms with Gasteiger partial charge in [-0.05, 0) is 30.7 Å². The van der Waals surface area contributed by atoms with Crippen molar-refractivity contribution in [1.82, 2.24) is 0 Å². The highest BCUT2D eigenvalue weighted by molar-refractivity contribution is 7.46. The molecule has 0 aliphatic carbocycles. The van der Waals surface area contributed by atoms with E-state index < -0.39 is 63.0 Å². The van der Waals surface area contributed by atoms with Gasteiger partial charge in [0.05, 0.1) is 11.1 Å².